The number of hydrogen-bond donors (Lipinski definition) is 1. The van der Waals surface area contributed by atoms with Crippen molar-refractivity contribution in [2.24, 2.45) is 0 Å². The summed E-state index contributed by atoms with van der Waals surface area (Å²) in [4.78, 5) is 12.9. The summed E-state index contributed by atoms with van der Waals surface area (Å²) in [6.45, 7) is 2.72. The summed E-state index contributed by atoms with van der Waals surface area (Å²) in [7, 11) is 2.11. The predicted octanol–water partition coefficient (Wildman–Crippen LogP) is 1.78. The molecular weight excluding hydrogens is 230 g/mol. The van der Waals surface area contributed by atoms with Gasteiger partial charge in [-0.05, 0) is 26.4 Å². The number of nitro groups is 1. The van der Waals surface area contributed by atoms with Gasteiger partial charge in [-0.1, -0.05) is 18.2 Å². The Balaban J connectivity index is 1.95. The number of nitrogens with one attached hydrogen (secondary N) is 1. The van der Waals surface area contributed by atoms with Gasteiger partial charge in [0.1, 0.15) is 0 Å². The van der Waals surface area contributed by atoms with E-state index in [4.69, 9.17) is 0 Å². The van der Waals surface area contributed by atoms with Crippen LogP contribution in [0, 0.1) is 10.1 Å². The number of para-hydroxylation sites is 1. The Kier molecular flexibility index (Phi) is 4.28. The molecule has 1 heterocycles. The molecule has 1 aromatic carbocycles. The summed E-state index contributed by atoms with van der Waals surface area (Å²) < 4.78 is 0. The van der Waals surface area contributed by atoms with E-state index in [9.17, 15) is 10.1 Å². The van der Waals surface area contributed by atoms with Crippen molar-refractivity contribution in [2.75, 3.05) is 20.1 Å². The number of likely N-dealkylation sites (N-methyl/N-ethyl adjacent to an activating group) is 1. The number of nitrogens with zero attached hydrogens (tertiary/aromatic N) is 2. The second kappa shape index (κ2) is 5.93. The molecule has 1 saturated heterocycles. The molecule has 5 heteroatoms. The zero-order valence-corrected chi connectivity index (χ0v) is 10.6. The molecule has 2 rings (SSSR count). The molecule has 0 aliphatic carbocycles. The van der Waals surface area contributed by atoms with Gasteiger partial charge in [-0.15, -0.1) is 0 Å². The van der Waals surface area contributed by atoms with Gasteiger partial charge in [-0.25, -0.2) is 0 Å². The molecular formula is C13H19N3O2. The molecule has 0 bridgehead atoms. The summed E-state index contributed by atoms with van der Waals surface area (Å²) in [5, 5.41) is 14.3. The number of hydrogen-bond acceptors (Lipinski definition) is 4. The summed E-state index contributed by atoms with van der Waals surface area (Å²) >= 11 is 0. The standard InChI is InChI=1S/C13H19N3O2/c1-15-8-4-6-12(10-15)14-9-11-5-2-3-7-13(11)16(17)18/h2-3,5,7,12,14H,4,6,8-10H2,1H3. The molecule has 0 spiro atoms. The van der Waals surface area contributed by atoms with Crippen LogP contribution in [0.5, 0.6) is 0 Å². The molecule has 1 fully saturated rings. The normalized spacial score (nSPS) is 20.8. The fourth-order valence-electron chi connectivity index (χ4n) is 2.43. The monoisotopic (exact) mass is 249 g/mol. The minimum absolute atomic E-state index is 0.203. The molecule has 1 unspecified atom stereocenters. The van der Waals surface area contributed by atoms with E-state index in [0.717, 1.165) is 25.1 Å². The lowest BCUT2D eigenvalue weighted by Crippen LogP contribution is -2.43. The minimum Gasteiger partial charge on any atom is -0.308 e. The van der Waals surface area contributed by atoms with E-state index in [2.05, 4.69) is 17.3 Å². The molecule has 1 aromatic rings. The number of piperidine rings is 1. The van der Waals surface area contributed by atoms with Crippen molar-refractivity contribution in [3.05, 3.63) is 39.9 Å². The summed E-state index contributed by atoms with van der Waals surface area (Å²) in [5.74, 6) is 0. The van der Waals surface area contributed by atoms with Gasteiger partial charge in [0.25, 0.3) is 5.69 Å². The second-order valence-electron chi connectivity index (χ2n) is 4.87. The Morgan fingerprint density at radius 2 is 2.28 bits per heavy atom. The molecule has 0 saturated carbocycles. The van der Waals surface area contributed by atoms with Gasteiger partial charge in [0.2, 0.25) is 0 Å². The zero-order valence-electron chi connectivity index (χ0n) is 10.6. The number of rotatable bonds is 4. The van der Waals surface area contributed by atoms with Gasteiger partial charge in [-0.2, -0.15) is 0 Å². The van der Waals surface area contributed by atoms with E-state index in [1.807, 2.05) is 12.1 Å². The first-order chi connectivity index (χ1) is 8.66. The zero-order chi connectivity index (χ0) is 13.0. The Morgan fingerprint density at radius 1 is 1.50 bits per heavy atom. The van der Waals surface area contributed by atoms with Gasteiger partial charge >= 0.3 is 0 Å². The van der Waals surface area contributed by atoms with Crippen LogP contribution in [0.1, 0.15) is 18.4 Å². The molecule has 1 aliphatic heterocycles. The van der Waals surface area contributed by atoms with Crippen molar-refractivity contribution in [1.82, 2.24) is 10.2 Å². The van der Waals surface area contributed by atoms with Crippen LogP contribution in [0.25, 0.3) is 0 Å². The summed E-state index contributed by atoms with van der Waals surface area (Å²) in [6.07, 6.45) is 2.33. The van der Waals surface area contributed by atoms with Gasteiger partial charge < -0.3 is 10.2 Å². The van der Waals surface area contributed by atoms with Crippen LogP contribution in [0.2, 0.25) is 0 Å². The topological polar surface area (TPSA) is 58.4 Å². The van der Waals surface area contributed by atoms with Crippen molar-refractivity contribution in [1.29, 1.82) is 0 Å². The Morgan fingerprint density at radius 3 is 3.00 bits per heavy atom. The van der Waals surface area contributed by atoms with E-state index < -0.39 is 0 Å². The van der Waals surface area contributed by atoms with E-state index in [1.165, 1.54) is 6.42 Å². The fourth-order valence-corrected chi connectivity index (χ4v) is 2.43. The molecule has 1 atom stereocenters. The van der Waals surface area contributed by atoms with E-state index >= 15 is 0 Å². The highest BCUT2D eigenvalue weighted by atomic mass is 16.6. The fraction of sp³-hybridized carbons (Fsp3) is 0.538. The van der Waals surface area contributed by atoms with Gasteiger partial charge in [0, 0.05) is 30.8 Å². The van der Waals surface area contributed by atoms with Gasteiger partial charge in [0.15, 0.2) is 0 Å². The third kappa shape index (κ3) is 3.27. The van der Waals surface area contributed by atoms with E-state index in [0.29, 0.717) is 12.6 Å². The maximum absolute atomic E-state index is 10.9. The van der Waals surface area contributed by atoms with Crippen molar-refractivity contribution in [3.63, 3.8) is 0 Å². The highest BCUT2D eigenvalue weighted by molar-refractivity contribution is 5.39. The summed E-state index contributed by atoms with van der Waals surface area (Å²) in [5.41, 5.74) is 0.963. The highest BCUT2D eigenvalue weighted by Gasteiger charge is 2.18. The van der Waals surface area contributed by atoms with Crippen molar-refractivity contribution < 1.29 is 4.92 Å². The van der Waals surface area contributed by atoms with Crippen LogP contribution in [-0.2, 0) is 6.54 Å². The smallest absolute Gasteiger partial charge is 0.273 e. The van der Waals surface area contributed by atoms with Crippen molar-refractivity contribution in [3.8, 4) is 0 Å². The third-order valence-corrected chi connectivity index (χ3v) is 3.39. The molecule has 0 aromatic heterocycles. The Hall–Kier alpha value is -1.46. The predicted molar refractivity (Wildman–Crippen MR) is 70.5 cm³/mol. The first kappa shape index (κ1) is 13.0. The molecule has 0 radical (unpaired) electrons. The Labute approximate surface area is 107 Å². The maximum atomic E-state index is 10.9. The second-order valence-corrected chi connectivity index (χ2v) is 4.87. The molecule has 18 heavy (non-hydrogen) atoms. The van der Waals surface area contributed by atoms with Crippen LogP contribution in [-0.4, -0.2) is 36.0 Å². The van der Waals surface area contributed by atoms with Crippen LogP contribution in [0.4, 0.5) is 5.69 Å². The van der Waals surface area contributed by atoms with Gasteiger partial charge in [0.05, 0.1) is 4.92 Å². The minimum atomic E-state index is -0.315. The molecule has 98 valence electrons. The first-order valence-corrected chi connectivity index (χ1v) is 6.31. The van der Waals surface area contributed by atoms with E-state index in [-0.39, 0.29) is 10.6 Å². The number of likely N-dealkylation sites (tertiary alicyclic amines) is 1. The van der Waals surface area contributed by atoms with Crippen molar-refractivity contribution in [2.45, 2.75) is 25.4 Å². The quantitative estimate of drug-likeness (QED) is 0.652. The van der Waals surface area contributed by atoms with E-state index in [1.54, 1.807) is 12.1 Å². The average molecular weight is 249 g/mol. The SMILES string of the molecule is CN1CCCC(NCc2ccccc2[N+](=O)[O-])C1. The molecule has 1 N–H and O–H groups in total. The van der Waals surface area contributed by atoms with Crippen LogP contribution in [0.15, 0.2) is 24.3 Å². The first-order valence-electron chi connectivity index (χ1n) is 6.31. The number of benzene rings is 1. The van der Waals surface area contributed by atoms with Crippen molar-refractivity contribution >= 4 is 5.69 Å². The van der Waals surface area contributed by atoms with Crippen LogP contribution < -0.4 is 5.32 Å². The highest BCUT2D eigenvalue weighted by Crippen LogP contribution is 2.18. The van der Waals surface area contributed by atoms with Crippen LogP contribution >= 0.6 is 0 Å². The van der Waals surface area contributed by atoms with Gasteiger partial charge in [-0.3, -0.25) is 10.1 Å². The Bertz CT molecular complexity index is 422. The largest absolute Gasteiger partial charge is 0.308 e. The molecule has 5 nitrogen and oxygen atoms in total. The lowest BCUT2D eigenvalue weighted by atomic mass is 10.1. The third-order valence-electron chi connectivity index (χ3n) is 3.39. The lowest BCUT2D eigenvalue weighted by molar-refractivity contribution is -0.385. The lowest BCUT2D eigenvalue weighted by Gasteiger charge is -2.30. The number of nitro benzene ring substituents is 1. The van der Waals surface area contributed by atoms with Crippen LogP contribution in [0.3, 0.4) is 0 Å². The average Bonchev–Trinajstić information content (AvgIpc) is 2.37. The molecule has 0 amide bonds. The maximum Gasteiger partial charge on any atom is 0.273 e. The summed E-state index contributed by atoms with van der Waals surface area (Å²) in [6, 6.07) is 7.36. The molecule has 1 aliphatic rings.